The summed E-state index contributed by atoms with van der Waals surface area (Å²) in [5, 5.41) is 10.1. The number of methoxy groups -OCH3 is 1. The quantitative estimate of drug-likeness (QED) is 0.903. The molecule has 1 aromatic heterocycles. The lowest BCUT2D eigenvalue weighted by molar-refractivity contribution is 0.373. The van der Waals surface area contributed by atoms with Crippen molar-refractivity contribution in [2.75, 3.05) is 7.11 Å². The number of phenolic OH excluding ortho intramolecular Hbond substituents is 1. The van der Waals surface area contributed by atoms with E-state index in [1.807, 2.05) is 0 Å². The minimum atomic E-state index is -0.0528. The molecule has 0 aliphatic carbocycles. The number of hydrogen-bond acceptors (Lipinski definition) is 4. The summed E-state index contributed by atoms with van der Waals surface area (Å²) in [4.78, 5) is 12.2. The fraction of sp³-hybridized carbons (Fsp3) is 0.357. The van der Waals surface area contributed by atoms with Gasteiger partial charge in [0.2, 0.25) is 0 Å². The van der Waals surface area contributed by atoms with E-state index in [0.29, 0.717) is 23.0 Å². The van der Waals surface area contributed by atoms with Crippen LogP contribution in [0.5, 0.6) is 11.5 Å². The van der Waals surface area contributed by atoms with Crippen molar-refractivity contribution >= 4 is 11.0 Å². The summed E-state index contributed by atoms with van der Waals surface area (Å²) < 4.78 is 10.4. The Hall–Kier alpha value is -1.97. The van der Waals surface area contributed by atoms with Crippen LogP contribution in [0.15, 0.2) is 27.6 Å². The second-order valence-corrected chi connectivity index (χ2v) is 4.21. The van der Waals surface area contributed by atoms with E-state index in [-0.39, 0.29) is 16.9 Å². The molecule has 0 aliphatic rings. The number of aryl methyl sites for hydroxylation is 1. The van der Waals surface area contributed by atoms with Gasteiger partial charge in [-0.25, -0.2) is 0 Å². The normalized spacial score (nSPS) is 10.8. The van der Waals surface area contributed by atoms with Crippen molar-refractivity contribution in [2.45, 2.75) is 26.2 Å². The topological polar surface area (TPSA) is 59.7 Å². The Kier molecular flexibility index (Phi) is 3.55. The lowest BCUT2D eigenvalue weighted by Gasteiger charge is -2.06. The second-order valence-electron chi connectivity index (χ2n) is 4.21. The summed E-state index contributed by atoms with van der Waals surface area (Å²) in [6.45, 7) is 2.07. The highest BCUT2D eigenvalue weighted by atomic mass is 16.5. The Morgan fingerprint density at radius 1 is 1.39 bits per heavy atom. The van der Waals surface area contributed by atoms with Gasteiger partial charge in [-0.1, -0.05) is 13.3 Å². The number of hydrogen-bond donors (Lipinski definition) is 1. The molecule has 0 saturated heterocycles. The molecule has 0 spiro atoms. The van der Waals surface area contributed by atoms with Gasteiger partial charge in [0, 0.05) is 11.6 Å². The first-order valence-electron chi connectivity index (χ1n) is 5.98. The maximum absolute atomic E-state index is 12.2. The van der Waals surface area contributed by atoms with Gasteiger partial charge in [0.25, 0.3) is 0 Å². The summed E-state index contributed by atoms with van der Waals surface area (Å²) in [6, 6.07) is 2.92. The SMILES string of the molecule is CCCCc1coc2cc(O)c(OC)cc2c1=O. The molecule has 0 radical (unpaired) electrons. The molecule has 1 aromatic carbocycles. The standard InChI is InChI=1S/C14H16O4/c1-3-4-5-9-8-18-12-7-11(15)13(17-2)6-10(12)14(9)16/h6-8,15H,3-5H2,1-2H3. The van der Waals surface area contributed by atoms with Crippen LogP contribution in [0.2, 0.25) is 0 Å². The van der Waals surface area contributed by atoms with E-state index in [1.165, 1.54) is 25.5 Å². The smallest absolute Gasteiger partial charge is 0.195 e. The zero-order chi connectivity index (χ0) is 13.1. The van der Waals surface area contributed by atoms with E-state index in [1.54, 1.807) is 0 Å². The Bertz CT molecular complexity index is 613. The zero-order valence-corrected chi connectivity index (χ0v) is 10.5. The minimum absolute atomic E-state index is 0.0329. The van der Waals surface area contributed by atoms with Gasteiger partial charge < -0.3 is 14.3 Å². The maximum Gasteiger partial charge on any atom is 0.195 e. The highest BCUT2D eigenvalue weighted by Gasteiger charge is 2.11. The molecule has 0 saturated carbocycles. The Labute approximate surface area is 105 Å². The molecule has 0 bridgehead atoms. The molecule has 4 nitrogen and oxygen atoms in total. The van der Waals surface area contributed by atoms with E-state index >= 15 is 0 Å². The molecule has 0 fully saturated rings. The Morgan fingerprint density at radius 3 is 2.83 bits per heavy atom. The molecule has 0 atom stereocenters. The summed E-state index contributed by atoms with van der Waals surface area (Å²) in [6.07, 6.45) is 4.16. The largest absolute Gasteiger partial charge is 0.504 e. The van der Waals surface area contributed by atoms with Crippen LogP contribution in [0.4, 0.5) is 0 Å². The first-order chi connectivity index (χ1) is 8.67. The van der Waals surface area contributed by atoms with Crippen molar-refractivity contribution in [3.8, 4) is 11.5 Å². The van der Waals surface area contributed by atoms with E-state index in [9.17, 15) is 9.90 Å². The lowest BCUT2D eigenvalue weighted by atomic mass is 10.1. The molecule has 0 aliphatic heterocycles. The van der Waals surface area contributed by atoms with Crippen LogP contribution < -0.4 is 10.2 Å². The predicted octanol–water partition coefficient (Wildman–Crippen LogP) is 2.85. The molecule has 0 amide bonds. The van der Waals surface area contributed by atoms with Crippen molar-refractivity contribution in [3.63, 3.8) is 0 Å². The molecular weight excluding hydrogens is 232 g/mol. The molecule has 2 rings (SSSR count). The van der Waals surface area contributed by atoms with Crippen LogP contribution in [0.3, 0.4) is 0 Å². The summed E-state index contributed by atoms with van der Waals surface area (Å²) in [7, 11) is 1.45. The number of rotatable bonds is 4. The van der Waals surface area contributed by atoms with Gasteiger partial charge in [0.05, 0.1) is 18.8 Å². The molecule has 1 heterocycles. The highest BCUT2D eigenvalue weighted by Crippen LogP contribution is 2.29. The molecule has 4 heteroatoms. The molecular formula is C14H16O4. The first kappa shape index (κ1) is 12.5. The van der Waals surface area contributed by atoms with Crippen LogP contribution in [-0.2, 0) is 6.42 Å². The molecule has 1 N–H and O–H groups in total. The monoisotopic (exact) mass is 248 g/mol. The first-order valence-corrected chi connectivity index (χ1v) is 5.98. The van der Waals surface area contributed by atoms with Crippen molar-refractivity contribution in [3.05, 3.63) is 34.2 Å². The van der Waals surface area contributed by atoms with Gasteiger partial charge in [0.1, 0.15) is 5.58 Å². The van der Waals surface area contributed by atoms with E-state index < -0.39 is 0 Å². The van der Waals surface area contributed by atoms with Crippen LogP contribution in [-0.4, -0.2) is 12.2 Å². The highest BCUT2D eigenvalue weighted by molar-refractivity contribution is 5.81. The van der Waals surface area contributed by atoms with E-state index in [0.717, 1.165) is 12.8 Å². The van der Waals surface area contributed by atoms with Crippen LogP contribution in [0.25, 0.3) is 11.0 Å². The van der Waals surface area contributed by atoms with Crippen molar-refractivity contribution in [2.24, 2.45) is 0 Å². The summed E-state index contributed by atoms with van der Waals surface area (Å²) in [5.41, 5.74) is 0.985. The molecule has 96 valence electrons. The van der Waals surface area contributed by atoms with Crippen LogP contribution in [0.1, 0.15) is 25.3 Å². The van der Waals surface area contributed by atoms with Crippen molar-refractivity contribution < 1.29 is 14.3 Å². The second kappa shape index (κ2) is 5.12. The maximum atomic E-state index is 12.2. The van der Waals surface area contributed by atoms with Crippen molar-refractivity contribution in [1.82, 2.24) is 0 Å². The number of unbranched alkanes of at least 4 members (excludes halogenated alkanes) is 1. The Balaban J connectivity index is 2.58. The third kappa shape index (κ3) is 2.18. The summed E-state index contributed by atoms with van der Waals surface area (Å²) in [5.74, 6) is 0.247. The number of fused-ring (bicyclic) bond motifs is 1. The average Bonchev–Trinajstić information content (AvgIpc) is 2.37. The fourth-order valence-electron chi connectivity index (χ4n) is 1.89. The number of aromatic hydroxyl groups is 1. The number of ether oxygens (including phenoxy) is 1. The number of phenols is 1. The fourth-order valence-corrected chi connectivity index (χ4v) is 1.89. The third-order valence-electron chi connectivity index (χ3n) is 2.95. The Morgan fingerprint density at radius 2 is 2.17 bits per heavy atom. The molecule has 0 unspecified atom stereocenters. The van der Waals surface area contributed by atoms with Gasteiger partial charge in [-0.2, -0.15) is 0 Å². The number of benzene rings is 1. The van der Waals surface area contributed by atoms with Gasteiger partial charge in [-0.05, 0) is 18.9 Å². The van der Waals surface area contributed by atoms with Gasteiger partial charge in [-0.3, -0.25) is 4.79 Å². The van der Waals surface area contributed by atoms with Gasteiger partial charge >= 0.3 is 0 Å². The summed E-state index contributed by atoms with van der Waals surface area (Å²) >= 11 is 0. The van der Waals surface area contributed by atoms with E-state index in [2.05, 4.69) is 6.92 Å². The average molecular weight is 248 g/mol. The minimum Gasteiger partial charge on any atom is -0.504 e. The molecule has 18 heavy (non-hydrogen) atoms. The third-order valence-corrected chi connectivity index (χ3v) is 2.95. The van der Waals surface area contributed by atoms with Crippen LogP contribution >= 0.6 is 0 Å². The van der Waals surface area contributed by atoms with Gasteiger partial charge in [-0.15, -0.1) is 0 Å². The van der Waals surface area contributed by atoms with Crippen LogP contribution in [0, 0.1) is 0 Å². The molecule has 2 aromatic rings. The zero-order valence-electron chi connectivity index (χ0n) is 10.5. The van der Waals surface area contributed by atoms with E-state index in [4.69, 9.17) is 9.15 Å². The predicted molar refractivity (Wildman–Crippen MR) is 69.3 cm³/mol. The van der Waals surface area contributed by atoms with Gasteiger partial charge in [0.15, 0.2) is 16.9 Å². The van der Waals surface area contributed by atoms with Crippen molar-refractivity contribution in [1.29, 1.82) is 0 Å². The lowest BCUT2D eigenvalue weighted by Crippen LogP contribution is -2.08.